The van der Waals surface area contributed by atoms with Crippen molar-refractivity contribution in [3.05, 3.63) is 29.8 Å². The molecule has 3 nitrogen and oxygen atoms in total. The van der Waals surface area contributed by atoms with E-state index in [1.54, 1.807) is 7.11 Å². The molecule has 0 spiro atoms. The third-order valence-corrected chi connectivity index (χ3v) is 2.18. The molecule has 0 heterocycles. The normalized spacial score (nSPS) is 12.9. The molecule has 0 amide bonds. The van der Waals surface area contributed by atoms with Crippen LogP contribution in [-0.2, 0) is 6.42 Å². The number of nitrogens with zero attached hydrogens (tertiary/aromatic N) is 1. The molecule has 0 aliphatic carbocycles. The third-order valence-electron chi connectivity index (χ3n) is 2.18. The third kappa shape index (κ3) is 4.32. The first-order valence-electron chi connectivity index (χ1n) is 5.07. The van der Waals surface area contributed by atoms with Gasteiger partial charge in [-0.15, -0.1) is 0 Å². The lowest BCUT2D eigenvalue weighted by Crippen LogP contribution is -2.27. The van der Waals surface area contributed by atoms with Gasteiger partial charge in [-0.2, -0.15) is 0 Å². The van der Waals surface area contributed by atoms with E-state index in [0.29, 0.717) is 13.0 Å². The number of aliphatic hydroxyl groups is 1. The van der Waals surface area contributed by atoms with Crippen molar-refractivity contribution >= 4 is 0 Å². The molecule has 84 valence electrons. The van der Waals surface area contributed by atoms with Gasteiger partial charge in [-0.3, -0.25) is 0 Å². The lowest BCUT2D eigenvalue weighted by Gasteiger charge is -2.16. The van der Waals surface area contributed by atoms with Crippen LogP contribution in [0, 0.1) is 0 Å². The van der Waals surface area contributed by atoms with E-state index in [2.05, 4.69) is 0 Å². The SMILES string of the molecule is COc1cccc(CC(O)CN(C)C)c1. The molecule has 1 aromatic carbocycles. The van der Waals surface area contributed by atoms with Gasteiger partial charge in [0.05, 0.1) is 13.2 Å². The van der Waals surface area contributed by atoms with E-state index in [4.69, 9.17) is 4.74 Å². The summed E-state index contributed by atoms with van der Waals surface area (Å²) in [5.74, 6) is 0.838. The van der Waals surface area contributed by atoms with Crippen molar-refractivity contribution in [2.24, 2.45) is 0 Å². The molecule has 0 fully saturated rings. The Morgan fingerprint density at radius 1 is 1.40 bits per heavy atom. The summed E-state index contributed by atoms with van der Waals surface area (Å²) >= 11 is 0. The van der Waals surface area contributed by atoms with Crippen LogP contribution in [-0.4, -0.2) is 43.9 Å². The highest BCUT2D eigenvalue weighted by molar-refractivity contribution is 5.28. The summed E-state index contributed by atoms with van der Waals surface area (Å²) in [4.78, 5) is 1.98. The first-order valence-corrected chi connectivity index (χ1v) is 5.07. The number of likely N-dealkylation sites (N-methyl/N-ethyl adjacent to an activating group) is 1. The molecular formula is C12H19NO2. The average Bonchev–Trinajstić information content (AvgIpc) is 2.16. The predicted molar refractivity (Wildman–Crippen MR) is 61.3 cm³/mol. The van der Waals surface area contributed by atoms with Crippen LogP contribution in [0.4, 0.5) is 0 Å². The van der Waals surface area contributed by atoms with Crippen molar-refractivity contribution in [2.75, 3.05) is 27.7 Å². The number of rotatable bonds is 5. The van der Waals surface area contributed by atoms with Crippen LogP contribution in [0.1, 0.15) is 5.56 Å². The number of benzene rings is 1. The molecular weight excluding hydrogens is 190 g/mol. The van der Waals surface area contributed by atoms with Gasteiger partial charge in [0.25, 0.3) is 0 Å². The zero-order valence-electron chi connectivity index (χ0n) is 9.60. The largest absolute Gasteiger partial charge is 0.497 e. The molecule has 1 unspecified atom stereocenters. The highest BCUT2D eigenvalue weighted by atomic mass is 16.5. The zero-order chi connectivity index (χ0) is 11.3. The van der Waals surface area contributed by atoms with Crippen LogP contribution in [0.15, 0.2) is 24.3 Å². The molecule has 1 aromatic rings. The fourth-order valence-corrected chi connectivity index (χ4v) is 1.56. The van der Waals surface area contributed by atoms with Crippen molar-refractivity contribution in [1.82, 2.24) is 4.90 Å². The van der Waals surface area contributed by atoms with Gasteiger partial charge in [-0.25, -0.2) is 0 Å². The first-order chi connectivity index (χ1) is 7.11. The maximum Gasteiger partial charge on any atom is 0.119 e. The second-order valence-corrected chi connectivity index (χ2v) is 3.97. The van der Waals surface area contributed by atoms with Crippen molar-refractivity contribution < 1.29 is 9.84 Å². The minimum Gasteiger partial charge on any atom is -0.497 e. The zero-order valence-corrected chi connectivity index (χ0v) is 9.60. The van der Waals surface area contributed by atoms with Crippen LogP contribution in [0.25, 0.3) is 0 Å². The molecule has 15 heavy (non-hydrogen) atoms. The molecule has 0 aromatic heterocycles. The predicted octanol–water partition coefficient (Wildman–Crippen LogP) is 1.16. The standard InChI is InChI=1S/C12H19NO2/c1-13(2)9-11(14)7-10-5-4-6-12(8-10)15-3/h4-6,8,11,14H,7,9H2,1-3H3. The van der Waals surface area contributed by atoms with E-state index < -0.39 is 0 Å². The average molecular weight is 209 g/mol. The highest BCUT2D eigenvalue weighted by Gasteiger charge is 2.07. The number of hydrogen-bond donors (Lipinski definition) is 1. The second-order valence-electron chi connectivity index (χ2n) is 3.97. The first kappa shape index (κ1) is 12.0. The summed E-state index contributed by atoms with van der Waals surface area (Å²) in [5, 5.41) is 9.75. The highest BCUT2D eigenvalue weighted by Crippen LogP contribution is 2.14. The molecule has 1 rings (SSSR count). The summed E-state index contributed by atoms with van der Waals surface area (Å²) in [6.07, 6.45) is 0.335. The van der Waals surface area contributed by atoms with Gasteiger partial charge < -0.3 is 14.7 Å². The Balaban J connectivity index is 2.55. The smallest absolute Gasteiger partial charge is 0.119 e. The molecule has 0 saturated heterocycles. The van der Waals surface area contributed by atoms with Crippen LogP contribution >= 0.6 is 0 Å². The lowest BCUT2D eigenvalue weighted by atomic mass is 10.1. The molecule has 1 N–H and O–H groups in total. The maximum atomic E-state index is 9.75. The summed E-state index contributed by atoms with van der Waals surface area (Å²) in [6.45, 7) is 0.678. The lowest BCUT2D eigenvalue weighted by molar-refractivity contribution is 0.137. The summed E-state index contributed by atoms with van der Waals surface area (Å²) < 4.78 is 5.13. The van der Waals surface area contributed by atoms with Gasteiger partial charge in [0.15, 0.2) is 0 Å². The Bertz CT molecular complexity index is 299. The Hall–Kier alpha value is -1.06. The van der Waals surface area contributed by atoms with Crippen LogP contribution in [0.3, 0.4) is 0 Å². The molecule has 3 heteroatoms. The van der Waals surface area contributed by atoms with Gasteiger partial charge >= 0.3 is 0 Å². The maximum absolute atomic E-state index is 9.75. The summed E-state index contributed by atoms with van der Waals surface area (Å²) in [5.41, 5.74) is 1.10. The second kappa shape index (κ2) is 5.73. The fraction of sp³-hybridized carbons (Fsp3) is 0.500. The minimum atomic E-state index is -0.327. The van der Waals surface area contributed by atoms with E-state index >= 15 is 0 Å². The molecule has 1 atom stereocenters. The molecule has 0 aliphatic rings. The van der Waals surface area contributed by atoms with E-state index in [9.17, 15) is 5.11 Å². The van der Waals surface area contributed by atoms with Gasteiger partial charge in [0.2, 0.25) is 0 Å². The van der Waals surface area contributed by atoms with Crippen molar-refractivity contribution in [1.29, 1.82) is 0 Å². The molecule has 0 aliphatic heterocycles. The Kier molecular flexibility index (Phi) is 4.59. The van der Waals surface area contributed by atoms with Gasteiger partial charge in [-0.1, -0.05) is 12.1 Å². The van der Waals surface area contributed by atoms with Gasteiger partial charge in [0.1, 0.15) is 5.75 Å². The van der Waals surface area contributed by atoms with Crippen LogP contribution < -0.4 is 4.74 Å². The number of methoxy groups -OCH3 is 1. The van der Waals surface area contributed by atoms with Crippen molar-refractivity contribution in [3.63, 3.8) is 0 Å². The van der Waals surface area contributed by atoms with Gasteiger partial charge in [-0.05, 0) is 38.2 Å². The van der Waals surface area contributed by atoms with Crippen molar-refractivity contribution in [2.45, 2.75) is 12.5 Å². The summed E-state index contributed by atoms with van der Waals surface area (Å²) in [6, 6.07) is 7.80. The quantitative estimate of drug-likeness (QED) is 0.790. The van der Waals surface area contributed by atoms with Gasteiger partial charge in [0, 0.05) is 6.54 Å². The summed E-state index contributed by atoms with van der Waals surface area (Å²) in [7, 11) is 5.55. The Morgan fingerprint density at radius 3 is 2.73 bits per heavy atom. The molecule has 0 bridgehead atoms. The fourth-order valence-electron chi connectivity index (χ4n) is 1.56. The number of ether oxygens (including phenoxy) is 1. The van der Waals surface area contributed by atoms with E-state index in [1.165, 1.54) is 0 Å². The minimum absolute atomic E-state index is 0.327. The number of aliphatic hydroxyl groups excluding tert-OH is 1. The van der Waals surface area contributed by atoms with E-state index in [-0.39, 0.29) is 6.10 Å². The number of hydrogen-bond acceptors (Lipinski definition) is 3. The van der Waals surface area contributed by atoms with Crippen LogP contribution in [0.2, 0.25) is 0 Å². The van der Waals surface area contributed by atoms with E-state index in [0.717, 1.165) is 11.3 Å². The molecule has 0 radical (unpaired) electrons. The van der Waals surface area contributed by atoms with Crippen LogP contribution in [0.5, 0.6) is 5.75 Å². The molecule has 0 saturated carbocycles. The topological polar surface area (TPSA) is 32.7 Å². The Labute approximate surface area is 91.3 Å². The van der Waals surface area contributed by atoms with E-state index in [1.807, 2.05) is 43.3 Å². The van der Waals surface area contributed by atoms with Crippen molar-refractivity contribution in [3.8, 4) is 5.75 Å². The monoisotopic (exact) mass is 209 g/mol. The Morgan fingerprint density at radius 2 is 2.13 bits per heavy atom.